The zero-order valence-electron chi connectivity index (χ0n) is 12.2. The van der Waals surface area contributed by atoms with E-state index >= 15 is 0 Å². The average Bonchev–Trinajstić information content (AvgIpc) is 2.99. The third-order valence-corrected chi connectivity index (χ3v) is 5.72. The Morgan fingerprint density at radius 1 is 1.10 bits per heavy atom. The molecule has 4 nitrogen and oxygen atoms in total. The molecule has 1 aromatic rings. The first-order valence-electron chi connectivity index (χ1n) is 7.43. The van der Waals surface area contributed by atoms with E-state index in [1.807, 2.05) is 37.3 Å². The summed E-state index contributed by atoms with van der Waals surface area (Å²) in [6.45, 7) is 4.54. The van der Waals surface area contributed by atoms with E-state index in [-0.39, 0.29) is 0 Å². The summed E-state index contributed by atoms with van der Waals surface area (Å²) in [5.41, 5.74) is 1.19. The zero-order chi connectivity index (χ0) is 14.4. The highest BCUT2D eigenvalue weighted by atomic mass is 32.2. The van der Waals surface area contributed by atoms with Crippen LogP contribution >= 0.6 is 0 Å². The lowest BCUT2D eigenvalue weighted by Crippen LogP contribution is -2.43. The predicted molar refractivity (Wildman–Crippen MR) is 81.7 cm³/mol. The molecule has 0 radical (unpaired) electrons. The minimum absolute atomic E-state index is 0.566. The molecule has 1 aliphatic heterocycles. The summed E-state index contributed by atoms with van der Waals surface area (Å²) < 4.78 is 28.5. The van der Waals surface area contributed by atoms with Crippen LogP contribution in [0.3, 0.4) is 0 Å². The van der Waals surface area contributed by atoms with E-state index in [4.69, 9.17) is 0 Å². The lowest BCUT2D eigenvalue weighted by molar-refractivity contribution is 0.361. The minimum atomic E-state index is -3.27. The Labute approximate surface area is 122 Å². The molecule has 0 unspecified atom stereocenters. The smallest absolute Gasteiger partial charge is 0.195 e. The summed E-state index contributed by atoms with van der Waals surface area (Å²) in [6, 6.07) is 10.1. The van der Waals surface area contributed by atoms with Gasteiger partial charge in [-0.3, -0.25) is 0 Å². The largest absolute Gasteiger partial charge is 0.281 e. The molecule has 0 saturated carbocycles. The molecule has 2 rings (SSSR count). The van der Waals surface area contributed by atoms with Crippen LogP contribution in [0.4, 0.5) is 0 Å². The van der Waals surface area contributed by atoms with Crippen molar-refractivity contribution in [2.75, 3.05) is 26.2 Å². The van der Waals surface area contributed by atoms with Crippen molar-refractivity contribution in [2.24, 2.45) is 0 Å². The predicted octanol–water partition coefficient (Wildman–Crippen LogP) is 2.28. The SMILES string of the molecule is CCCN(CCc1ccccc1)S(=O)(=O)N1CCCC1. The van der Waals surface area contributed by atoms with E-state index < -0.39 is 10.2 Å². The van der Waals surface area contributed by atoms with Crippen LogP contribution in [-0.4, -0.2) is 43.2 Å². The van der Waals surface area contributed by atoms with Gasteiger partial charge < -0.3 is 0 Å². The Morgan fingerprint density at radius 2 is 1.75 bits per heavy atom. The van der Waals surface area contributed by atoms with Crippen LogP contribution in [0.15, 0.2) is 30.3 Å². The van der Waals surface area contributed by atoms with E-state index in [1.54, 1.807) is 8.61 Å². The molecule has 5 heteroatoms. The number of benzene rings is 1. The van der Waals surface area contributed by atoms with Crippen LogP contribution < -0.4 is 0 Å². The molecular formula is C15H24N2O2S. The fraction of sp³-hybridized carbons (Fsp3) is 0.600. The van der Waals surface area contributed by atoms with Gasteiger partial charge in [0.2, 0.25) is 0 Å². The first kappa shape index (κ1) is 15.5. The van der Waals surface area contributed by atoms with Gasteiger partial charge in [0, 0.05) is 26.2 Å². The second-order valence-electron chi connectivity index (χ2n) is 5.25. The quantitative estimate of drug-likeness (QED) is 0.774. The zero-order valence-corrected chi connectivity index (χ0v) is 13.0. The number of hydrogen-bond donors (Lipinski definition) is 0. The third kappa shape index (κ3) is 3.81. The first-order chi connectivity index (χ1) is 9.64. The van der Waals surface area contributed by atoms with Crippen molar-refractivity contribution in [1.29, 1.82) is 0 Å². The van der Waals surface area contributed by atoms with E-state index in [1.165, 1.54) is 5.56 Å². The van der Waals surface area contributed by atoms with Crippen LogP contribution in [0.2, 0.25) is 0 Å². The summed E-state index contributed by atoms with van der Waals surface area (Å²) in [6.07, 6.45) is 3.59. The van der Waals surface area contributed by atoms with Crippen molar-refractivity contribution in [3.63, 3.8) is 0 Å². The van der Waals surface area contributed by atoms with Gasteiger partial charge in [-0.1, -0.05) is 37.3 Å². The summed E-state index contributed by atoms with van der Waals surface area (Å²) in [7, 11) is -3.27. The topological polar surface area (TPSA) is 40.6 Å². The Balaban J connectivity index is 2.02. The van der Waals surface area contributed by atoms with Crippen LogP contribution in [-0.2, 0) is 16.6 Å². The molecule has 0 N–H and O–H groups in total. The van der Waals surface area contributed by atoms with Gasteiger partial charge in [-0.25, -0.2) is 0 Å². The number of nitrogens with zero attached hydrogens (tertiary/aromatic N) is 2. The van der Waals surface area contributed by atoms with Crippen molar-refractivity contribution >= 4 is 10.2 Å². The van der Waals surface area contributed by atoms with Gasteiger partial charge in [-0.05, 0) is 31.2 Å². The van der Waals surface area contributed by atoms with Gasteiger partial charge in [0.1, 0.15) is 0 Å². The molecule has 0 spiro atoms. The molecule has 1 aliphatic rings. The maximum absolute atomic E-state index is 12.6. The van der Waals surface area contributed by atoms with Crippen molar-refractivity contribution in [1.82, 2.24) is 8.61 Å². The van der Waals surface area contributed by atoms with Crippen LogP contribution in [0.5, 0.6) is 0 Å². The number of rotatable bonds is 7. The molecule has 1 heterocycles. The minimum Gasteiger partial charge on any atom is -0.195 e. The maximum atomic E-state index is 12.6. The normalized spacial score (nSPS) is 16.9. The Bertz CT molecular complexity index is 496. The molecule has 1 aromatic carbocycles. The Kier molecular flexibility index (Phi) is 5.57. The van der Waals surface area contributed by atoms with Gasteiger partial charge in [0.25, 0.3) is 10.2 Å². The maximum Gasteiger partial charge on any atom is 0.281 e. The van der Waals surface area contributed by atoms with Crippen molar-refractivity contribution < 1.29 is 8.42 Å². The molecule has 1 saturated heterocycles. The molecule has 20 heavy (non-hydrogen) atoms. The van der Waals surface area contributed by atoms with Crippen molar-refractivity contribution in [2.45, 2.75) is 32.6 Å². The highest BCUT2D eigenvalue weighted by Gasteiger charge is 2.30. The molecule has 0 bridgehead atoms. The molecule has 0 aromatic heterocycles. The van der Waals surface area contributed by atoms with Crippen molar-refractivity contribution in [3.8, 4) is 0 Å². The standard InChI is InChI=1S/C15H24N2O2S/c1-2-11-16(14-10-15-8-4-3-5-9-15)20(18,19)17-12-6-7-13-17/h3-5,8-9H,2,6-7,10-14H2,1H3. The lowest BCUT2D eigenvalue weighted by atomic mass is 10.1. The highest BCUT2D eigenvalue weighted by Crippen LogP contribution is 2.17. The number of hydrogen-bond acceptors (Lipinski definition) is 2. The second-order valence-corrected chi connectivity index (χ2v) is 7.18. The average molecular weight is 296 g/mol. The fourth-order valence-electron chi connectivity index (χ4n) is 2.57. The molecule has 0 atom stereocenters. The van der Waals surface area contributed by atoms with E-state index in [9.17, 15) is 8.42 Å². The molecule has 0 amide bonds. The first-order valence-corrected chi connectivity index (χ1v) is 8.83. The summed E-state index contributed by atoms with van der Waals surface area (Å²) in [5.74, 6) is 0. The van der Waals surface area contributed by atoms with Gasteiger partial charge >= 0.3 is 0 Å². The molecular weight excluding hydrogens is 272 g/mol. The van der Waals surface area contributed by atoms with Gasteiger partial charge in [0.15, 0.2) is 0 Å². The molecule has 112 valence electrons. The third-order valence-electron chi connectivity index (χ3n) is 3.68. The van der Waals surface area contributed by atoms with E-state index in [0.717, 1.165) is 25.7 Å². The summed E-state index contributed by atoms with van der Waals surface area (Å²) >= 11 is 0. The molecule has 0 aliphatic carbocycles. The lowest BCUT2D eigenvalue weighted by Gasteiger charge is -2.27. The monoisotopic (exact) mass is 296 g/mol. The fourth-order valence-corrected chi connectivity index (χ4v) is 4.35. The van der Waals surface area contributed by atoms with Gasteiger partial charge in [-0.2, -0.15) is 17.0 Å². The van der Waals surface area contributed by atoms with Gasteiger partial charge in [0.05, 0.1) is 0 Å². The van der Waals surface area contributed by atoms with Crippen LogP contribution in [0.1, 0.15) is 31.7 Å². The Hall–Kier alpha value is -0.910. The van der Waals surface area contributed by atoms with E-state index in [2.05, 4.69) is 0 Å². The summed E-state index contributed by atoms with van der Waals surface area (Å²) in [4.78, 5) is 0. The molecule has 1 fully saturated rings. The van der Waals surface area contributed by atoms with Crippen LogP contribution in [0.25, 0.3) is 0 Å². The summed E-state index contributed by atoms with van der Waals surface area (Å²) in [5, 5.41) is 0. The van der Waals surface area contributed by atoms with Crippen molar-refractivity contribution in [3.05, 3.63) is 35.9 Å². The van der Waals surface area contributed by atoms with Gasteiger partial charge in [-0.15, -0.1) is 0 Å². The van der Waals surface area contributed by atoms with E-state index in [0.29, 0.717) is 26.2 Å². The van der Waals surface area contributed by atoms with Crippen LogP contribution in [0, 0.1) is 0 Å². The second kappa shape index (κ2) is 7.20. The Morgan fingerprint density at radius 3 is 2.35 bits per heavy atom. The highest BCUT2D eigenvalue weighted by molar-refractivity contribution is 7.86.